The topological polar surface area (TPSA) is 71.1 Å². The van der Waals surface area contributed by atoms with E-state index in [9.17, 15) is 22.8 Å². The van der Waals surface area contributed by atoms with E-state index in [1.807, 2.05) is 0 Å². The van der Waals surface area contributed by atoms with Crippen LogP contribution in [0.2, 0.25) is 0 Å². The summed E-state index contributed by atoms with van der Waals surface area (Å²) in [6, 6.07) is 11.2. The molecule has 1 heterocycles. The van der Waals surface area contributed by atoms with Gasteiger partial charge in [0.25, 0.3) is 5.91 Å². The van der Waals surface area contributed by atoms with Gasteiger partial charge in [0.15, 0.2) is 0 Å². The number of pyridine rings is 1. The molecule has 0 saturated carbocycles. The molecule has 0 spiro atoms. The Hall–Kier alpha value is -2.90. The van der Waals surface area contributed by atoms with Gasteiger partial charge in [-0.1, -0.05) is 18.2 Å². The predicted octanol–water partition coefficient (Wildman–Crippen LogP) is 2.55. The second-order valence-electron chi connectivity index (χ2n) is 4.93. The van der Waals surface area contributed by atoms with Gasteiger partial charge < -0.3 is 10.6 Å². The second-order valence-corrected chi connectivity index (χ2v) is 4.93. The average molecular weight is 337 g/mol. The van der Waals surface area contributed by atoms with Crippen LogP contribution in [0.1, 0.15) is 16.1 Å². The van der Waals surface area contributed by atoms with Crippen molar-refractivity contribution < 1.29 is 22.8 Å². The summed E-state index contributed by atoms with van der Waals surface area (Å²) in [7, 11) is 0. The summed E-state index contributed by atoms with van der Waals surface area (Å²) in [4.78, 5) is 27.2. The number of carbonyl (C=O) groups excluding carboxylic acids is 2. The highest BCUT2D eigenvalue weighted by Gasteiger charge is 2.27. The van der Waals surface area contributed by atoms with Gasteiger partial charge in [0.1, 0.15) is 12.2 Å². The summed E-state index contributed by atoms with van der Waals surface area (Å²) in [6.07, 6.45) is -3.11. The summed E-state index contributed by atoms with van der Waals surface area (Å²) >= 11 is 0. The molecule has 0 aliphatic carbocycles. The zero-order valence-corrected chi connectivity index (χ0v) is 12.4. The maximum absolute atomic E-state index is 12.0. The lowest BCUT2D eigenvalue weighted by atomic mass is 10.1. The van der Waals surface area contributed by atoms with Gasteiger partial charge in [-0.05, 0) is 29.8 Å². The molecule has 0 unspecified atom stereocenters. The van der Waals surface area contributed by atoms with Crippen LogP contribution in [-0.2, 0) is 11.2 Å². The number of amides is 2. The van der Waals surface area contributed by atoms with Crippen molar-refractivity contribution in [2.75, 3.05) is 11.9 Å². The van der Waals surface area contributed by atoms with Gasteiger partial charge in [-0.2, -0.15) is 13.2 Å². The van der Waals surface area contributed by atoms with E-state index in [0.29, 0.717) is 11.3 Å². The van der Waals surface area contributed by atoms with E-state index in [1.165, 1.54) is 6.20 Å². The van der Waals surface area contributed by atoms with Crippen LogP contribution in [0.4, 0.5) is 18.9 Å². The van der Waals surface area contributed by atoms with Crippen molar-refractivity contribution >= 4 is 17.5 Å². The molecule has 1 aromatic heterocycles. The van der Waals surface area contributed by atoms with Gasteiger partial charge in [0.05, 0.1) is 6.42 Å². The zero-order valence-electron chi connectivity index (χ0n) is 12.4. The lowest BCUT2D eigenvalue weighted by Gasteiger charge is -2.09. The fraction of sp³-hybridized carbons (Fsp3) is 0.188. The van der Waals surface area contributed by atoms with Crippen molar-refractivity contribution in [1.29, 1.82) is 0 Å². The number of nitrogens with zero attached hydrogens (tertiary/aromatic N) is 1. The van der Waals surface area contributed by atoms with E-state index in [-0.39, 0.29) is 18.0 Å². The molecule has 2 rings (SSSR count). The van der Waals surface area contributed by atoms with Crippen LogP contribution in [0.5, 0.6) is 0 Å². The van der Waals surface area contributed by atoms with E-state index in [1.54, 1.807) is 47.8 Å². The Morgan fingerprint density at radius 2 is 1.75 bits per heavy atom. The largest absolute Gasteiger partial charge is 0.405 e. The Bertz CT molecular complexity index is 701. The van der Waals surface area contributed by atoms with Crippen molar-refractivity contribution in [3.05, 3.63) is 59.9 Å². The Morgan fingerprint density at radius 1 is 1.04 bits per heavy atom. The van der Waals surface area contributed by atoms with Crippen LogP contribution in [0, 0.1) is 0 Å². The lowest BCUT2D eigenvalue weighted by Crippen LogP contribution is -2.34. The Morgan fingerprint density at radius 3 is 2.33 bits per heavy atom. The smallest absolute Gasteiger partial charge is 0.347 e. The normalized spacial score (nSPS) is 11.0. The SMILES string of the molecule is O=C(Cc1ccc(NC(=O)c2ccccn2)cc1)NCC(F)(F)F. The number of hydrogen-bond donors (Lipinski definition) is 2. The number of rotatable bonds is 5. The highest BCUT2D eigenvalue weighted by atomic mass is 19.4. The fourth-order valence-corrected chi connectivity index (χ4v) is 1.84. The first-order valence-electron chi connectivity index (χ1n) is 6.98. The van der Waals surface area contributed by atoms with Crippen molar-refractivity contribution in [3.8, 4) is 0 Å². The molecular formula is C16H14F3N3O2. The van der Waals surface area contributed by atoms with Crippen molar-refractivity contribution in [2.24, 2.45) is 0 Å². The van der Waals surface area contributed by atoms with Gasteiger partial charge in [-0.3, -0.25) is 14.6 Å². The van der Waals surface area contributed by atoms with E-state index in [0.717, 1.165) is 0 Å². The molecule has 126 valence electrons. The molecule has 2 N–H and O–H groups in total. The number of benzene rings is 1. The van der Waals surface area contributed by atoms with Gasteiger partial charge in [0.2, 0.25) is 5.91 Å². The molecule has 2 amide bonds. The Labute approximate surface area is 135 Å². The minimum absolute atomic E-state index is 0.176. The van der Waals surface area contributed by atoms with E-state index in [2.05, 4.69) is 10.3 Å². The monoisotopic (exact) mass is 337 g/mol. The molecule has 8 heteroatoms. The number of alkyl halides is 3. The van der Waals surface area contributed by atoms with Crippen molar-refractivity contribution in [3.63, 3.8) is 0 Å². The second kappa shape index (κ2) is 7.58. The summed E-state index contributed by atoms with van der Waals surface area (Å²) in [5.41, 5.74) is 1.28. The summed E-state index contributed by atoms with van der Waals surface area (Å²) < 4.78 is 36.0. The molecule has 2 aromatic rings. The maximum Gasteiger partial charge on any atom is 0.405 e. The molecule has 0 saturated heterocycles. The molecule has 0 aliphatic heterocycles. The van der Waals surface area contributed by atoms with Crippen LogP contribution >= 0.6 is 0 Å². The van der Waals surface area contributed by atoms with E-state index in [4.69, 9.17) is 0 Å². The van der Waals surface area contributed by atoms with Crippen LogP contribution in [0.15, 0.2) is 48.7 Å². The van der Waals surface area contributed by atoms with E-state index < -0.39 is 18.6 Å². The number of aromatic nitrogens is 1. The van der Waals surface area contributed by atoms with Crippen LogP contribution in [-0.4, -0.2) is 29.5 Å². The summed E-state index contributed by atoms with van der Waals surface area (Å²) in [5, 5.41) is 4.43. The number of nitrogens with one attached hydrogen (secondary N) is 2. The molecule has 0 radical (unpaired) electrons. The fourth-order valence-electron chi connectivity index (χ4n) is 1.84. The maximum atomic E-state index is 12.0. The quantitative estimate of drug-likeness (QED) is 0.881. The first kappa shape index (κ1) is 17.5. The summed E-state index contributed by atoms with van der Waals surface area (Å²) in [6.45, 7) is -1.36. The van der Waals surface area contributed by atoms with Crippen LogP contribution < -0.4 is 10.6 Å². The van der Waals surface area contributed by atoms with Gasteiger partial charge in [-0.25, -0.2) is 0 Å². The highest BCUT2D eigenvalue weighted by Crippen LogP contribution is 2.13. The van der Waals surface area contributed by atoms with Crippen LogP contribution in [0.25, 0.3) is 0 Å². The molecular weight excluding hydrogens is 323 g/mol. The summed E-state index contributed by atoms with van der Waals surface area (Å²) in [5.74, 6) is -1.11. The Balaban J connectivity index is 1.89. The third kappa shape index (κ3) is 5.71. The zero-order chi connectivity index (χ0) is 17.6. The first-order chi connectivity index (χ1) is 11.3. The van der Waals surface area contributed by atoms with Gasteiger partial charge >= 0.3 is 6.18 Å². The third-order valence-corrected chi connectivity index (χ3v) is 2.96. The average Bonchev–Trinajstić information content (AvgIpc) is 2.55. The number of halogens is 3. The predicted molar refractivity (Wildman–Crippen MR) is 81.4 cm³/mol. The highest BCUT2D eigenvalue weighted by molar-refractivity contribution is 6.02. The molecule has 0 aliphatic rings. The van der Waals surface area contributed by atoms with Crippen molar-refractivity contribution in [2.45, 2.75) is 12.6 Å². The number of hydrogen-bond acceptors (Lipinski definition) is 3. The minimum Gasteiger partial charge on any atom is -0.347 e. The molecule has 24 heavy (non-hydrogen) atoms. The van der Waals surface area contributed by atoms with Gasteiger partial charge in [0, 0.05) is 11.9 Å². The number of anilines is 1. The molecule has 0 atom stereocenters. The van der Waals surface area contributed by atoms with Crippen molar-refractivity contribution in [1.82, 2.24) is 10.3 Å². The molecule has 5 nitrogen and oxygen atoms in total. The standard InChI is InChI=1S/C16H14F3N3O2/c17-16(18,19)10-21-14(23)9-11-4-6-12(7-5-11)22-15(24)13-3-1-2-8-20-13/h1-8H,9-10H2,(H,21,23)(H,22,24). The van der Waals surface area contributed by atoms with Crippen LogP contribution in [0.3, 0.4) is 0 Å². The lowest BCUT2D eigenvalue weighted by molar-refractivity contribution is -0.138. The Kier molecular flexibility index (Phi) is 5.51. The van der Waals surface area contributed by atoms with Gasteiger partial charge in [-0.15, -0.1) is 0 Å². The molecule has 0 bridgehead atoms. The third-order valence-electron chi connectivity index (χ3n) is 2.96. The molecule has 1 aromatic carbocycles. The first-order valence-corrected chi connectivity index (χ1v) is 6.98. The molecule has 0 fully saturated rings. The minimum atomic E-state index is -4.44. The van der Waals surface area contributed by atoms with E-state index >= 15 is 0 Å². The number of carbonyl (C=O) groups is 2.